The van der Waals surface area contributed by atoms with E-state index in [1.807, 2.05) is 26.8 Å². The van der Waals surface area contributed by atoms with Gasteiger partial charge in [-0.2, -0.15) is 0 Å². The Labute approximate surface area is 170 Å². The molecule has 1 aliphatic rings. The van der Waals surface area contributed by atoms with Crippen LogP contribution in [0.2, 0.25) is 5.02 Å². The zero-order valence-electron chi connectivity index (χ0n) is 16.5. The van der Waals surface area contributed by atoms with Gasteiger partial charge in [-0.25, -0.2) is 0 Å². The third kappa shape index (κ3) is 5.01. The Morgan fingerprint density at radius 1 is 1.04 bits per heavy atom. The van der Waals surface area contributed by atoms with Crippen LogP contribution in [0.15, 0.2) is 30.3 Å². The molecule has 1 saturated heterocycles. The molecule has 28 heavy (non-hydrogen) atoms. The summed E-state index contributed by atoms with van der Waals surface area (Å²) in [4.78, 5) is 33.2. The standard InChI is InChI=1S/C21H25ClN4O2/c1-14-4-5-17(22)12-19(14)24-20(27)13-21(28)26-8-6-25(7-9-26)18-10-15(2)23-16(3)11-18/h4-5,10-12H,6-9,13H2,1-3H3,(H,24,27). The fraction of sp³-hybridized carbons (Fsp3) is 0.381. The second kappa shape index (κ2) is 8.61. The molecule has 1 aromatic carbocycles. The summed E-state index contributed by atoms with van der Waals surface area (Å²) >= 11 is 5.98. The van der Waals surface area contributed by atoms with Crippen LogP contribution in [0, 0.1) is 20.8 Å². The second-order valence-corrected chi connectivity index (χ2v) is 7.60. The number of amides is 2. The third-order valence-corrected chi connectivity index (χ3v) is 5.08. The van der Waals surface area contributed by atoms with E-state index in [4.69, 9.17) is 11.6 Å². The number of piperazine rings is 1. The number of carbonyl (C=O) groups is 2. The highest BCUT2D eigenvalue weighted by Gasteiger charge is 2.23. The molecular weight excluding hydrogens is 376 g/mol. The van der Waals surface area contributed by atoms with Crippen molar-refractivity contribution in [2.45, 2.75) is 27.2 Å². The zero-order valence-corrected chi connectivity index (χ0v) is 17.2. The van der Waals surface area contributed by atoms with Crippen LogP contribution in [-0.4, -0.2) is 47.9 Å². The molecule has 3 rings (SSSR count). The van der Waals surface area contributed by atoms with E-state index in [0.29, 0.717) is 23.8 Å². The Morgan fingerprint density at radius 3 is 2.32 bits per heavy atom. The number of carbonyl (C=O) groups excluding carboxylic acids is 2. The molecule has 2 amide bonds. The Morgan fingerprint density at radius 2 is 1.68 bits per heavy atom. The minimum Gasteiger partial charge on any atom is -0.368 e. The average molecular weight is 401 g/mol. The number of benzene rings is 1. The van der Waals surface area contributed by atoms with Crippen molar-refractivity contribution < 1.29 is 9.59 Å². The molecule has 1 aromatic heterocycles. The van der Waals surface area contributed by atoms with Crippen LogP contribution >= 0.6 is 11.6 Å². The molecule has 1 fully saturated rings. The van der Waals surface area contributed by atoms with Crippen molar-refractivity contribution in [3.63, 3.8) is 0 Å². The molecule has 7 heteroatoms. The number of aryl methyl sites for hydroxylation is 3. The molecule has 2 aromatic rings. The molecular formula is C21H25ClN4O2. The van der Waals surface area contributed by atoms with Crippen molar-refractivity contribution in [2.75, 3.05) is 36.4 Å². The van der Waals surface area contributed by atoms with Gasteiger partial charge in [0.25, 0.3) is 0 Å². The van der Waals surface area contributed by atoms with Crippen LogP contribution in [0.5, 0.6) is 0 Å². The first-order valence-electron chi connectivity index (χ1n) is 9.36. The van der Waals surface area contributed by atoms with Crippen molar-refractivity contribution in [1.82, 2.24) is 9.88 Å². The lowest BCUT2D eigenvalue weighted by Crippen LogP contribution is -2.49. The molecule has 0 unspecified atom stereocenters. The lowest BCUT2D eigenvalue weighted by Gasteiger charge is -2.36. The first-order chi connectivity index (χ1) is 13.3. The van der Waals surface area contributed by atoms with Crippen molar-refractivity contribution in [3.8, 4) is 0 Å². The molecule has 0 radical (unpaired) electrons. The van der Waals surface area contributed by atoms with E-state index in [1.54, 1.807) is 17.0 Å². The average Bonchev–Trinajstić information content (AvgIpc) is 2.64. The molecule has 0 atom stereocenters. The van der Waals surface area contributed by atoms with E-state index in [9.17, 15) is 9.59 Å². The number of rotatable bonds is 4. The summed E-state index contributed by atoms with van der Waals surface area (Å²) in [5, 5.41) is 3.33. The maximum Gasteiger partial charge on any atom is 0.233 e. The van der Waals surface area contributed by atoms with Gasteiger partial charge >= 0.3 is 0 Å². The van der Waals surface area contributed by atoms with Gasteiger partial charge in [0, 0.05) is 54.0 Å². The van der Waals surface area contributed by atoms with Crippen LogP contribution in [-0.2, 0) is 9.59 Å². The normalized spacial score (nSPS) is 14.1. The minimum absolute atomic E-state index is 0.154. The number of anilines is 2. The van der Waals surface area contributed by atoms with Crippen molar-refractivity contribution >= 4 is 34.8 Å². The highest BCUT2D eigenvalue weighted by Crippen LogP contribution is 2.21. The minimum atomic E-state index is -0.321. The zero-order chi connectivity index (χ0) is 20.3. The largest absolute Gasteiger partial charge is 0.368 e. The first-order valence-corrected chi connectivity index (χ1v) is 9.73. The number of halogens is 1. The topological polar surface area (TPSA) is 65.5 Å². The number of aromatic nitrogens is 1. The Hall–Kier alpha value is -2.60. The van der Waals surface area contributed by atoms with Gasteiger partial charge in [-0.1, -0.05) is 17.7 Å². The third-order valence-electron chi connectivity index (χ3n) is 4.85. The SMILES string of the molecule is Cc1cc(N2CCN(C(=O)CC(=O)Nc3cc(Cl)ccc3C)CC2)cc(C)n1. The van der Waals surface area contributed by atoms with Gasteiger partial charge in [0.1, 0.15) is 6.42 Å². The van der Waals surface area contributed by atoms with E-state index in [-0.39, 0.29) is 18.2 Å². The molecule has 0 aliphatic carbocycles. The quantitative estimate of drug-likeness (QED) is 0.799. The molecule has 0 bridgehead atoms. The highest BCUT2D eigenvalue weighted by molar-refractivity contribution is 6.31. The lowest BCUT2D eigenvalue weighted by molar-refractivity contribution is -0.134. The molecule has 0 spiro atoms. The van der Waals surface area contributed by atoms with Gasteiger partial charge < -0.3 is 15.1 Å². The predicted octanol–water partition coefficient (Wildman–Crippen LogP) is 3.34. The smallest absolute Gasteiger partial charge is 0.233 e. The molecule has 0 saturated carbocycles. The fourth-order valence-corrected chi connectivity index (χ4v) is 3.55. The van der Waals surface area contributed by atoms with E-state index in [0.717, 1.165) is 35.7 Å². The van der Waals surface area contributed by atoms with Crippen LogP contribution in [0.4, 0.5) is 11.4 Å². The van der Waals surface area contributed by atoms with Gasteiger partial charge in [-0.3, -0.25) is 14.6 Å². The molecule has 2 heterocycles. The summed E-state index contributed by atoms with van der Waals surface area (Å²) in [6.07, 6.45) is -0.167. The van der Waals surface area contributed by atoms with Crippen molar-refractivity contribution in [1.29, 1.82) is 0 Å². The number of hydrogen-bond acceptors (Lipinski definition) is 4. The van der Waals surface area contributed by atoms with Crippen LogP contribution < -0.4 is 10.2 Å². The Kier molecular flexibility index (Phi) is 6.19. The predicted molar refractivity (Wildman–Crippen MR) is 112 cm³/mol. The molecule has 148 valence electrons. The van der Waals surface area contributed by atoms with Crippen molar-refractivity contribution in [3.05, 3.63) is 52.3 Å². The van der Waals surface area contributed by atoms with Crippen LogP contribution in [0.25, 0.3) is 0 Å². The molecule has 1 N–H and O–H groups in total. The highest BCUT2D eigenvalue weighted by atomic mass is 35.5. The Balaban J connectivity index is 1.53. The summed E-state index contributed by atoms with van der Waals surface area (Å²) in [5.74, 6) is -0.475. The van der Waals surface area contributed by atoms with E-state index in [1.165, 1.54) is 0 Å². The van der Waals surface area contributed by atoms with Gasteiger partial charge in [0.15, 0.2) is 0 Å². The molecule has 6 nitrogen and oxygen atoms in total. The monoisotopic (exact) mass is 400 g/mol. The number of nitrogens with zero attached hydrogens (tertiary/aromatic N) is 3. The van der Waals surface area contributed by atoms with Crippen molar-refractivity contribution in [2.24, 2.45) is 0 Å². The molecule has 1 aliphatic heterocycles. The first kappa shape index (κ1) is 20.1. The number of pyridine rings is 1. The van der Waals surface area contributed by atoms with Gasteiger partial charge in [-0.05, 0) is 50.6 Å². The van der Waals surface area contributed by atoms with Gasteiger partial charge in [0.05, 0.1) is 0 Å². The van der Waals surface area contributed by atoms with E-state index in [2.05, 4.69) is 27.3 Å². The van der Waals surface area contributed by atoms with Gasteiger partial charge in [-0.15, -0.1) is 0 Å². The second-order valence-electron chi connectivity index (χ2n) is 7.16. The number of hydrogen-bond donors (Lipinski definition) is 1. The Bertz CT molecular complexity index is 872. The summed E-state index contributed by atoms with van der Waals surface area (Å²) in [6.45, 7) is 8.53. The summed E-state index contributed by atoms with van der Waals surface area (Å²) in [5.41, 5.74) is 4.65. The van der Waals surface area contributed by atoms with Crippen LogP contribution in [0.1, 0.15) is 23.4 Å². The van der Waals surface area contributed by atoms with E-state index >= 15 is 0 Å². The summed E-state index contributed by atoms with van der Waals surface area (Å²) in [7, 11) is 0. The van der Waals surface area contributed by atoms with Crippen LogP contribution in [0.3, 0.4) is 0 Å². The summed E-state index contributed by atoms with van der Waals surface area (Å²) in [6, 6.07) is 9.41. The van der Waals surface area contributed by atoms with Gasteiger partial charge in [0.2, 0.25) is 11.8 Å². The number of nitrogens with one attached hydrogen (secondary N) is 1. The van der Waals surface area contributed by atoms with E-state index < -0.39 is 0 Å². The maximum absolute atomic E-state index is 12.5. The lowest BCUT2D eigenvalue weighted by atomic mass is 10.2. The maximum atomic E-state index is 12.5. The fourth-order valence-electron chi connectivity index (χ4n) is 3.38. The summed E-state index contributed by atoms with van der Waals surface area (Å²) < 4.78 is 0.